The largest absolute Gasteiger partial charge is 0.459 e. The standard InChI is InChI=1S/C26H34N4O4S/c1-17(2)20-7-5-19(6-8-20)15-29-9-11-30(12-10-29)16-21-27-24(31)22-18(3)23(35-25(22)28-21)26(32)34-14-13-33-4/h5-8,17H,9-16H2,1-4H3,(H,27,28,31). The molecule has 35 heavy (non-hydrogen) atoms. The van der Waals surface area contributed by atoms with Gasteiger partial charge in [0.1, 0.15) is 22.1 Å². The minimum atomic E-state index is -0.446. The lowest BCUT2D eigenvalue weighted by molar-refractivity contribution is 0.0393. The summed E-state index contributed by atoms with van der Waals surface area (Å²) in [5.74, 6) is 0.727. The predicted octanol–water partition coefficient (Wildman–Crippen LogP) is 3.54. The molecule has 0 radical (unpaired) electrons. The SMILES string of the molecule is COCCOC(=O)c1sc2nc(CN3CCN(Cc4ccc(C(C)C)cc4)CC3)[nH]c(=O)c2c1C. The highest BCUT2D eigenvalue weighted by molar-refractivity contribution is 7.20. The molecule has 1 N–H and O–H groups in total. The van der Waals surface area contributed by atoms with Crippen molar-refractivity contribution in [1.82, 2.24) is 19.8 Å². The molecule has 188 valence electrons. The number of thiophene rings is 1. The van der Waals surface area contributed by atoms with Crippen molar-refractivity contribution in [3.05, 3.63) is 62.0 Å². The molecule has 2 aromatic heterocycles. The normalized spacial score (nSPS) is 15.2. The molecule has 8 nitrogen and oxygen atoms in total. The van der Waals surface area contributed by atoms with Gasteiger partial charge in [0.2, 0.25) is 0 Å². The van der Waals surface area contributed by atoms with Crippen LogP contribution >= 0.6 is 11.3 Å². The molecule has 3 aromatic rings. The van der Waals surface area contributed by atoms with Gasteiger partial charge in [-0.25, -0.2) is 9.78 Å². The number of carbonyl (C=O) groups is 1. The summed E-state index contributed by atoms with van der Waals surface area (Å²) in [5, 5.41) is 0.464. The fraction of sp³-hybridized carbons (Fsp3) is 0.500. The molecule has 0 unspecified atom stereocenters. The van der Waals surface area contributed by atoms with E-state index in [1.165, 1.54) is 22.5 Å². The van der Waals surface area contributed by atoms with Crippen LogP contribution < -0.4 is 5.56 Å². The van der Waals surface area contributed by atoms with E-state index in [1.807, 2.05) is 0 Å². The molecule has 0 aliphatic carbocycles. The maximum atomic E-state index is 12.8. The minimum absolute atomic E-state index is 0.174. The molecule has 9 heteroatoms. The van der Waals surface area contributed by atoms with E-state index >= 15 is 0 Å². The highest BCUT2D eigenvalue weighted by Crippen LogP contribution is 2.28. The summed E-state index contributed by atoms with van der Waals surface area (Å²) in [6, 6.07) is 8.92. The first-order valence-electron chi connectivity index (χ1n) is 12.1. The van der Waals surface area contributed by atoms with E-state index < -0.39 is 5.97 Å². The molecule has 0 saturated carbocycles. The molecular weight excluding hydrogens is 464 g/mol. The number of hydrogen-bond donors (Lipinski definition) is 1. The third-order valence-electron chi connectivity index (χ3n) is 6.45. The van der Waals surface area contributed by atoms with E-state index in [9.17, 15) is 9.59 Å². The highest BCUT2D eigenvalue weighted by Gasteiger charge is 2.22. The van der Waals surface area contributed by atoms with Crippen LogP contribution in [0.1, 0.15) is 52.0 Å². The molecule has 1 aromatic carbocycles. The third-order valence-corrected chi connectivity index (χ3v) is 7.61. The lowest BCUT2D eigenvalue weighted by Gasteiger charge is -2.34. The van der Waals surface area contributed by atoms with Crippen LogP contribution in [-0.2, 0) is 22.6 Å². The number of rotatable bonds is 9. The van der Waals surface area contributed by atoms with E-state index in [0.29, 0.717) is 45.6 Å². The monoisotopic (exact) mass is 498 g/mol. The van der Waals surface area contributed by atoms with Crippen molar-refractivity contribution in [2.24, 2.45) is 0 Å². The van der Waals surface area contributed by atoms with E-state index in [0.717, 1.165) is 32.7 Å². The molecule has 3 heterocycles. The average molecular weight is 499 g/mol. The molecule has 4 rings (SSSR count). The Hall–Kier alpha value is -2.59. The smallest absolute Gasteiger partial charge is 0.348 e. The Morgan fingerprint density at radius 3 is 2.37 bits per heavy atom. The lowest BCUT2D eigenvalue weighted by Crippen LogP contribution is -2.45. The van der Waals surface area contributed by atoms with Gasteiger partial charge in [0.05, 0.1) is 18.5 Å². The molecule has 0 bridgehead atoms. The summed E-state index contributed by atoms with van der Waals surface area (Å²) in [6.45, 7) is 12.0. The van der Waals surface area contributed by atoms with Gasteiger partial charge >= 0.3 is 5.97 Å². The van der Waals surface area contributed by atoms with E-state index in [1.54, 1.807) is 14.0 Å². The summed E-state index contributed by atoms with van der Waals surface area (Å²) in [7, 11) is 1.55. The number of esters is 1. The lowest BCUT2D eigenvalue weighted by atomic mass is 10.0. The zero-order valence-electron chi connectivity index (χ0n) is 20.9. The Morgan fingerprint density at radius 1 is 1.09 bits per heavy atom. The van der Waals surface area contributed by atoms with Crippen LogP contribution in [0.5, 0.6) is 0 Å². The van der Waals surface area contributed by atoms with Crippen molar-refractivity contribution in [2.75, 3.05) is 46.5 Å². The van der Waals surface area contributed by atoms with Gasteiger partial charge in [0, 0.05) is 39.8 Å². The number of methoxy groups -OCH3 is 1. The van der Waals surface area contributed by atoms with Gasteiger partial charge in [-0.15, -0.1) is 11.3 Å². The second-order valence-electron chi connectivity index (χ2n) is 9.33. The fourth-order valence-electron chi connectivity index (χ4n) is 4.32. The number of ether oxygens (including phenoxy) is 2. The van der Waals surface area contributed by atoms with Crippen LogP contribution in [0, 0.1) is 6.92 Å². The van der Waals surface area contributed by atoms with Crippen molar-refractivity contribution in [1.29, 1.82) is 0 Å². The summed E-state index contributed by atoms with van der Waals surface area (Å²) < 4.78 is 10.2. The van der Waals surface area contributed by atoms with E-state index in [2.05, 4.69) is 57.9 Å². The Balaban J connectivity index is 1.36. The quantitative estimate of drug-likeness (QED) is 0.357. The van der Waals surface area contributed by atoms with Crippen LogP contribution in [-0.4, -0.2) is 72.2 Å². The van der Waals surface area contributed by atoms with Crippen LogP contribution in [0.25, 0.3) is 10.2 Å². The molecule has 0 atom stereocenters. The molecular formula is C26H34N4O4S. The van der Waals surface area contributed by atoms with E-state index in [4.69, 9.17) is 9.47 Å². The number of H-pyrrole nitrogens is 1. The summed E-state index contributed by atoms with van der Waals surface area (Å²) in [6.07, 6.45) is 0. The number of benzene rings is 1. The Labute approximate surface area is 209 Å². The maximum absolute atomic E-state index is 12.8. The van der Waals surface area contributed by atoms with Crippen LogP contribution in [0.15, 0.2) is 29.1 Å². The van der Waals surface area contributed by atoms with Crippen LogP contribution in [0.2, 0.25) is 0 Å². The summed E-state index contributed by atoms with van der Waals surface area (Å²) in [5.41, 5.74) is 3.11. The molecule has 1 fully saturated rings. The molecule has 1 aliphatic heterocycles. The first-order valence-corrected chi connectivity index (χ1v) is 12.9. The number of fused-ring (bicyclic) bond motifs is 1. The molecule has 0 amide bonds. The van der Waals surface area contributed by atoms with Crippen molar-refractivity contribution in [2.45, 2.75) is 39.8 Å². The van der Waals surface area contributed by atoms with Gasteiger partial charge in [0.25, 0.3) is 5.56 Å². The number of nitrogens with zero attached hydrogens (tertiary/aromatic N) is 3. The van der Waals surface area contributed by atoms with E-state index in [-0.39, 0.29) is 12.2 Å². The van der Waals surface area contributed by atoms with Gasteiger partial charge in [0.15, 0.2) is 0 Å². The average Bonchev–Trinajstić information content (AvgIpc) is 3.17. The first-order chi connectivity index (χ1) is 16.9. The second kappa shape index (κ2) is 11.4. The van der Waals surface area contributed by atoms with Crippen molar-refractivity contribution >= 4 is 27.5 Å². The van der Waals surface area contributed by atoms with Crippen molar-refractivity contribution < 1.29 is 14.3 Å². The number of nitrogens with one attached hydrogen (secondary N) is 1. The number of carbonyl (C=O) groups excluding carboxylic acids is 1. The van der Waals surface area contributed by atoms with Gasteiger partial charge in [-0.1, -0.05) is 38.1 Å². The van der Waals surface area contributed by atoms with Gasteiger partial charge in [-0.05, 0) is 29.5 Å². The van der Waals surface area contributed by atoms with Gasteiger partial charge < -0.3 is 14.5 Å². The van der Waals surface area contributed by atoms with Crippen molar-refractivity contribution in [3.63, 3.8) is 0 Å². The third kappa shape index (κ3) is 6.16. The van der Waals surface area contributed by atoms with Gasteiger partial charge in [-0.2, -0.15) is 0 Å². The van der Waals surface area contributed by atoms with Crippen molar-refractivity contribution in [3.8, 4) is 0 Å². The number of aromatic nitrogens is 2. The second-order valence-corrected chi connectivity index (χ2v) is 10.3. The summed E-state index contributed by atoms with van der Waals surface area (Å²) in [4.78, 5) is 38.6. The Kier molecular flexibility index (Phi) is 8.33. The first kappa shape index (κ1) is 25.5. The Bertz CT molecular complexity index is 1210. The molecule has 0 spiro atoms. The van der Waals surface area contributed by atoms with Crippen LogP contribution in [0.3, 0.4) is 0 Å². The number of aromatic amines is 1. The zero-order valence-corrected chi connectivity index (χ0v) is 21.7. The number of piperazine rings is 1. The zero-order chi connectivity index (χ0) is 24.9. The fourth-order valence-corrected chi connectivity index (χ4v) is 5.42. The Morgan fingerprint density at radius 2 is 1.74 bits per heavy atom. The predicted molar refractivity (Wildman–Crippen MR) is 138 cm³/mol. The molecule has 1 aliphatic rings. The van der Waals surface area contributed by atoms with Crippen LogP contribution in [0.4, 0.5) is 0 Å². The van der Waals surface area contributed by atoms with Gasteiger partial charge in [-0.3, -0.25) is 14.6 Å². The molecule has 1 saturated heterocycles. The number of aryl methyl sites for hydroxylation is 1. The summed E-state index contributed by atoms with van der Waals surface area (Å²) >= 11 is 1.21. The number of hydrogen-bond acceptors (Lipinski definition) is 8. The topological polar surface area (TPSA) is 87.8 Å². The minimum Gasteiger partial charge on any atom is -0.459 e. The maximum Gasteiger partial charge on any atom is 0.348 e. The highest BCUT2D eigenvalue weighted by atomic mass is 32.1.